The van der Waals surface area contributed by atoms with Crippen LogP contribution in [0.3, 0.4) is 0 Å². The molecule has 1 nitrogen and oxygen atoms in total. The maximum atomic E-state index is 13.0. The number of hydrogen-bond donors (Lipinski definition) is 1. The van der Waals surface area contributed by atoms with Crippen LogP contribution in [0.5, 0.6) is 5.75 Å². The lowest BCUT2D eigenvalue weighted by Crippen LogP contribution is -1.91. The molecule has 0 spiro atoms. The summed E-state index contributed by atoms with van der Waals surface area (Å²) in [6.45, 7) is 5.64. The topological polar surface area (TPSA) is 20.2 Å². The highest BCUT2D eigenvalue weighted by Crippen LogP contribution is 2.34. The Morgan fingerprint density at radius 1 is 1.21 bits per heavy atom. The maximum Gasteiger partial charge on any atom is 0.126 e. The van der Waals surface area contributed by atoms with E-state index in [-0.39, 0.29) is 5.75 Å². The fourth-order valence-electron chi connectivity index (χ4n) is 1.87. The number of rotatable bonds is 2. The molecule has 0 saturated carbocycles. The Labute approximate surface area is 119 Å². The van der Waals surface area contributed by atoms with Crippen LogP contribution in [0.15, 0.2) is 53.2 Å². The largest absolute Gasteiger partial charge is 0.507 e. The molecule has 0 unspecified atom stereocenters. The molecular formula is C16H12BrFO. The third-order valence-corrected chi connectivity index (χ3v) is 3.46. The van der Waals surface area contributed by atoms with Crippen molar-refractivity contribution in [2.24, 2.45) is 0 Å². The fraction of sp³-hybridized carbons (Fsp3) is 0.0625. The molecule has 0 aliphatic rings. The molecule has 0 radical (unpaired) electrons. The minimum absolute atomic E-state index is 0.126. The first kappa shape index (κ1) is 13.6. The molecule has 1 N–H and O–H groups in total. The number of aromatic hydroxyl groups is 1. The van der Waals surface area contributed by atoms with E-state index < -0.39 is 5.82 Å². The summed E-state index contributed by atoms with van der Waals surface area (Å²) >= 11 is 3.48. The molecule has 2 aromatic carbocycles. The number of halogens is 2. The number of phenols is 1. The van der Waals surface area contributed by atoms with Gasteiger partial charge in [-0.15, -0.1) is 5.73 Å². The molecule has 3 heteroatoms. The van der Waals surface area contributed by atoms with E-state index in [4.69, 9.17) is 0 Å². The standard InChI is InChI=1S/C16H12BrFO/c1-3-12(13-6-4-10(2)8-15(13)17)14-7-5-11(18)9-16(14)19/h4-9,19H,1H2,2H3. The summed E-state index contributed by atoms with van der Waals surface area (Å²) in [5, 5.41) is 9.86. The number of hydrogen-bond acceptors (Lipinski definition) is 1. The van der Waals surface area contributed by atoms with E-state index in [1.165, 1.54) is 12.1 Å². The first-order chi connectivity index (χ1) is 9.02. The minimum Gasteiger partial charge on any atom is -0.507 e. The van der Waals surface area contributed by atoms with Crippen molar-refractivity contribution in [3.05, 3.63) is 75.7 Å². The smallest absolute Gasteiger partial charge is 0.126 e. The van der Waals surface area contributed by atoms with Gasteiger partial charge in [-0.1, -0.05) is 34.6 Å². The molecule has 0 amide bonds. The second-order valence-electron chi connectivity index (χ2n) is 4.20. The molecule has 96 valence electrons. The second-order valence-corrected chi connectivity index (χ2v) is 5.05. The first-order valence-electron chi connectivity index (χ1n) is 5.68. The highest BCUT2D eigenvalue weighted by molar-refractivity contribution is 9.10. The molecule has 0 heterocycles. The molecule has 19 heavy (non-hydrogen) atoms. The van der Waals surface area contributed by atoms with Crippen molar-refractivity contribution < 1.29 is 9.50 Å². The Morgan fingerprint density at radius 2 is 1.89 bits per heavy atom. The Hall–Kier alpha value is -1.83. The molecular weight excluding hydrogens is 307 g/mol. The quantitative estimate of drug-likeness (QED) is 0.787. The summed E-state index contributed by atoms with van der Waals surface area (Å²) in [5.74, 6) is -0.605. The summed E-state index contributed by atoms with van der Waals surface area (Å²) in [6, 6.07) is 9.73. The zero-order valence-electron chi connectivity index (χ0n) is 10.4. The maximum absolute atomic E-state index is 13.0. The Kier molecular flexibility index (Phi) is 3.89. The van der Waals surface area contributed by atoms with Crippen molar-refractivity contribution in [3.63, 3.8) is 0 Å². The molecule has 0 bridgehead atoms. The molecule has 0 saturated heterocycles. The van der Waals surface area contributed by atoms with Gasteiger partial charge in [0.25, 0.3) is 0 Å². The van der Waals surface area contributed by atoms with Gasteiger partial charge in [-0.25, -0.2) is 4.39 Å². The van der Waals surface area contributed by atoms with E-state index in [1.807, 2.05) is 25.1 Å². The SMILES string of the molecule is C=C=C(c1ccc(F)cc1O)c1ccc(C)cc1Br. The van der Waals surface area contributed by atoms with Gasteiger partial charge in [-0.2, -0.15) is 0 Å². The van der Waals surface area contributed by atoms with E-state index in [9.17, 15) is 9.50 Å². The lowest BCUT2D eigenvalue weighted by Gasteiger charge is -2.10. The summed E-state index contributed by atoms with van der Waals surface area (Å²) in [7, 11) is 0. The van der Waals surface area contributed by atoms with Gasteiger partial charge in [-0.05, 0) is 30.7 Å². The number of benzene rings is 2. The summed E-state index contributed by atoms with van der Waals surface area (Å²) in [6.07, 6.45) is 0. The number of aryl methyl sites for hydroxylation is 1. The van der Waals surface area contributed by atoms with Crippen LogP contribution in [0.1, 0.15) is 16.7 Å². The molecule has 0 fully saturated rings. The van der Waals surface area contributed by atoms with Gasteiger partial charge in [0.15, 0.2) is 0 Å². The van der Waals surface area contributed by atoms with E-state index in [1.54, 1.807) is 0 Å². The normalized spacial score (nSPS) is 10.1. The van der Waals surface area contributed by atoms with Gasteiger partial charge < -0.3 is 5.11 Å². The molecule has 0 aliphatic heterocycles. The summed E-state index contributed by atoms with van der Waals surface area (Å²) < 4.78 is 13.9. The Balaban J connectivity index is 2.60. The number of phenolic OH excluding ortho intramolecular Hbond substituents is 1. The van der Waals surface area contributed by atoms with Crippen molar-refractivity contribution in [2.45, 2.75) is 6.92 Å². The molecule has 2 aromatic rings. The lowest BCUT2D eigenvalue weighted by atomic mass is 9.97. The van der Waals surface area contributed by atoms with Crippen LogP contribution in [0.25, 0.3) is 5.57 Å². The van der Waals surface area contributed by atoms with E-state index in [0.717, 1.165) is 21.7 Å². The zero-order chi connectivity index (χ0) is 14.0. The first-order valence-corrected chi connectivity index (χ1v) is 6.47. The van der Waals surface area contributed by atoms with Crippen LogP contribution < -0.4 is 0 Å². The van der Waals surface area contributed by atoms with Crippen LogP contribution >= 0.6 is 15.9 Å². The highest BCUT2D eigenvalue weighted by Gasteiger charge is 2.12. The van der Waals surface area contributed by atoms with Crippen molar-refractivity contribution in [1.82, 2.24) is 0 Å². The average Bonchev–Trinajstić information content (AvgIpc) is 2.34. The summed E-state index contributed by atoms with van der Waals surface area (Å²) in [4.78, 5) is 0. The van der Waals surface area contributed by atoms with Gasteiger partial charge >= 0.3 is 0 Å². The fourth-order valence-corrected chi connectivity index (χ4v) is 2.57. The van der Waals surface area contributed by atoms with Crippen molar-refractivity contribution in [2.75, 3.05) is 0 Å². The van der Waals surface area contributed by atoms with Crippen molar-refractivity contribution >= 4 is 21.5 Å². The van der Waals surface area contributed by atoms with Gasteiger partial charge in [0.2, 0.25) is 0 Å². The molecule has 0 aromatic heterocycles. The van der Waals surface area contributed by atoms with E-state index >= 15 is 0 Å². The van der Waals surface area contributed by atoms with Gasteiger partial charge in [0, 0.05) is 27.2 Å². The Morgan fingerprint density at radius 3 is 2.47 bits per heavy atom. The van der Waals surface area contributed by atoms with Crippen LogP contribution in [0, 0.1) is 12.7 Å². The highest BCUT2D eigenvalue weighted by atomic mass is 79.9. The summed E-state index contributed by atoms with van der Waals surface area (Å²) in [5.41, 5.74) is 5.90. The molecule has 2 rings (SSSR count). The van der Waals surface area contributed by atoms with Gasteiger partial charge in [0.05, 0.1) is 0 Å². The van der Waals surface area contributed by atoms with E-state index in [2.05, 4.69) is 28.2 Å². The van der Waals surface area contributed by atoms with Crippen LogP contribution in [-0.4, -0.2) is 5.11 Å². The van der Waals surface area contributed by atoms with Gasteiger partial charge in [-0.3, -0.25) is 0 Å². The zero-order valence-corrected chi connectivity index (χ0v) is 12.0. The van der Waals surface area contributed by atoms with Crippen LogP contribution in [-0.2, 0) is 0 Å². The third-order valence-electron chi connectivity index (χ3n) is 2.80. The molecule has 0 atom stereocenters. The average molecular weight is 319 g/mol. The second kappa shape index (κ2) is 5.43. The predicted octanol–water partition coefficient (Wildman–Crippen LogP) is 4.82. The third kappa shape index (κ3) is 2.78. The van der Waals surface area contributed by atoms with Gasteiger partial charge in [0.1, 0.15) is 11.6 Å². The lowest BCUT2D eigenvalue weighted by molar-refractivity contribution is 0.467. The van der Waals surface area contributed by atoms with Crippen LogP contribution in [0.4, 0.5) is 4.39 Å². The van der Waals surface area contributed by atoms with E-state index in [0.29, 0.717) is 11.1 Å². The predicted molar refractivity (Wildman–Crippen MR) is 78.6 cm³/mol. The monoisotopic (exact) mass is 318 g/mol. The van der Waals surface area contributed by atoms with Crippen molar-refractivity contribution in [3.8, 4) is 5.75 Å². The van der Waals surface area contributed by atoms with Crippen LogP contribution in [0.2, 0.25) is 0 Å². The Bertz CT molecular complexity index is 632. The minimum atomic E-state index is -0.479. The van der Waals surface area contributed by atoms with Crippen molar-refractivity contribution in [1.29, 1.82) is 0 Å². The molecule has 0 aliphatic carbocycles.